The van der Waals surface area contributed by atoms with Crippen LogP contribution in [0.5, 0.6) is 0 Å². The third-order valence-electron chi connectivity index (χ3n) is 2.05. The maximum absolute atomic E-state index is 4.04. The summed E-state index contributed by atoms with van der Waals surface area (Å²) in [6.45, 7) is 10.6. The molecule has 0 fully saturated rings. The van der Waals surface area contributed by atoms with Gasteiger partial charge in [0.1, 0.15) is 0 Å². The van der Waals surface area contributed by atoms with Crippen molar-refractivity contribution in [3.8, 4) is 0 Å². The molecule has 0 nitrogen and oxygen atoms in total. The van der Waals surface area contributed by atoms with Gasteiger partial charge in [-0.2, -0.15) is 0 Å². The zero-order valence-electron chi connectivity index (χ0n) is 9.27. The average Bonchev–Trinajstić information content (AvgIpc) is 2.12. The van der Waals surface area contributed by atoms with E-state index in [0.717, 1.165) is 6.42 Å². The maximum atomic E-state index is 4.04. The van der Waals surface area contributed by atoms with E-state index in [2.05, 4.69) is 45.6 Å². The molecule has 0 aliphatic heterocycles. The third kappa shape index (κ3) is 6.39. The molecule has 0 amide bonds. The van der Waals surface area contributed by atoms with Gasteiger partial charge in [0.05, 0.1) is 0 Å². The lowest BCUT2D eigenvalue weighted by Crippen LogP contribution is -1.81. The van der Waals surface area contributed by atoms with E-state index in [4.69, 9.17) is 0 Å². The van der Waals surface area contributed by atoms with Gasteiger partial charge in [0.2, 0.25) is 0 Å². The Morgan fingerprint density at radius 2 is 1.92 bits per heavy atom. The minimum absolute atomic E-state index is 1.12. The molecule has 0 radical (unpaired) electrons. The van der Waals surface area contributed by atoms with Crippen LogP contribution in [-0.4, -0.2) is 0 Å². The van der Waals surface area contributed by atoms with Crippen LogP contribution in [0.4, 0.5) is 0 Å². The molecule has 74 valence electrons. The molecule has 0 aromatic carbocycles. The molecule has 0 unspecified atom stereocenters. The summed E-state index contributed by atoms with van der Waals surface area (Å²) in [5.74, 6) is 0. The number of allylic oxidation sites excluding steroid dienone is 5. The van der Waals surface area contributed by atoms with Gasteiger partial charge in [0.15, 0.2) is 0 Å². The van der Waals surface area contributed by atoms with Crippen molar-refractivity contribution in [1.29, 1.82) is 0 Å². The van der Waals surface area contributed by atoms with Gasteiger partial charge in [-0.1, -0.05) is 57.1 Å². The molecule has 0 heterocycles. The van der Waals surface area contributed by atoms with E-state index in [-0.39, 0.29) is 0 Å². The summed E-state index contributed by atoms with van der Waals surface area (Å²) in [4.78, 5) is 0. The highest BCUT2D eigenvalue weighted by molar-refractivity contribution is 5.29. The monoisotopic (exact) mass is 178 g/mol. The van der Waals surface area contributed by atoms with Gasteiger partial charge in [-0.15, -0.1) is 0 Å². The third-order valence-corrected chi connectivity index (χ3v) is 2.05. The summed E-state index contributed by atoms with van der Waals surface area (Å²) in [6.07, 6.45) is 11.2. The number of hydrogen-bond acceptors (Lipinski definition) is 0. The number of rotatable bonds is 6. The zero-order valence-corrected chi connectivity index (χ0v) is 9.27. The number of hydrogen-bond donors (Lipinski definition) is 0. The van der Waals surface area contributed by atoms with E-state index >= 15 is 0 Å². The normalized spacial score (nSPS) is 12.4. The lowest BCUT2D eigenvalue weighted by Gasteiger charge is -2.01. The van der Waals surface area contributed by atoms with Gasteiger partial charge in [-0.25, -0.2) is 0 Å². The standard InChI is InChI=1S/C13H22/c1-5-7-8-9-11-13(4)12(3)10-6-2/h8-9,11H,3,5-7,10H2,1-2,4H3/b9-8-,13-11-. The Morgan fingerprint density at radius 1 is 1.23 bits per heavy atom. The molecule has 0 aromatic rings. The highest BCUT2D eigenvalue weighted by Crippen LogP contribution is 2.12. The summed E-state index contributed by atoms with van der Waals surface area (Å²) >= 11 is 0. The topological polar surface area (TPSA) is 0 Å². The Bertz CT molecular complexity index is 194. The van der Waals surface area contributed by atoms with Crippen LogP contribution < -0.4 is 0 Å². The van der Waals surface area contributed by atoms with Gasteiger partial charge >= 0.3 is 0 Å². The van der Waals surface area contributed by atoms with E-state index < -0.39 is 0 Å². The fourth-order valence-corrected chi connectivity index (χ4v) is 1.09. The smallest absolute Gasteiger partial charge is 0.0285 e. The van der Waals surface area contributed by atoms with Crippen molar-refractivity contribution < 1.29 is 0 Å². The van der Waals surface area contributed by atoms with Crippen LogP contribution in [0, 0.1) is 0 Å². The van der Waals surface area contributed by atoms with Crippen molar-refractivity contribution in [2.75, 3.05) is 0 Å². The second-order valence-electron chi connectivity index (χ2n) is 3.42. The second-order valence-corrected chi connectivity index (χ2v) is 3.42. The molecule has 0 aromatic heterocycles. The van der Waals surface area contributed by atoms with Crippen LogP contribution in [0.1, 0.15) is 46.5 Å². The highest BCUT2D eigenvalue weighted by atomic mass is 14.0. The lowest BCUT2D eigenvalue weighted by molar-refractivity contribution is 0.915. The predicted octanol–water partition coefficient (Wildman–Crippen LogP) is 4.65. The molecule has 0 spiro atoms. The Labute approximate surface area is 83.0 Å². The minimum Gasteiger partial charge on any atom is -0.0956 e. The average molecular weight is 178 g/mol. The molecule has 0 saturated carbocycles. The number of unbranched alkanes of at least 4 members (excludes halogenated alkanes) is 1. The molecular weight excluding hydrogens is 156 g/mol. The molecule has 0 rings (SSSR count). The highest BCUT2D eigenvalue weighted by Gasteiger charge is 1.92. The van der Waals surface area contributed by atoms with Crippen LogP contribution in [0.3, 0.4) is 0 Å². The first kappa shape index (κ1) is 12.2. The summed E-state index contributed by atoms with van der Waals surface area (Å²) < 4.78 is 0. The summed E-state index contributed by atoms with van der Waals surface area (Å²) in [5, 5.41) is 0. The molecule has 0 N–H and O–H groups in total. The van der Waals surface area contributed by atoms with Crippen LogP contribution >= 0.6 is 0 Å². The minimum atomic E-state index is 1.12. The van der Waals surface area contributed by atoms with Crippen molar-refractivity contribution in [3.05, 3.63) is 36.0 Å². The Kier molecular flexibility index (Phi) is 7.38. The largest absolute Gasteiger partial charge is 0.0956 e. The molecule has 0 heteroatoms. The Morgan fingerprint density at radius 3 is 2.46 bits per heavy atom. The van der Waals surface area contributed by atoms with E-state index in [0.29, 0.717) is 0 Å². The second kappa shape index (κ2) is 7.85. The van der Waals surface area contributed by atoms with Crippen molar-refractivity contribution in [2.45, 2.75) is 46.5 Å². The van der Waals surface area contributed by atoms with Crippen molar-refractivity contribution >= 4 is 0 Å². The first-order valence-electron chi connectivity index (χ1n) is 5.23. The van der Waals surface area contributed by atoms with Crippen LogP contribution in [-0.2, 0) is 0 Å². The summed E-state index contributed by atoms with van der Waals surface area (Å²) in [5.41, 5.74) is 2.58. The van der Waals surface area contributed by atoms with E-state index in [1.165, 1.54) is 30.4 Å². The van der Waals surface area contributed by atoms with E-state index in [1.54, 1.807) is 0 Å². The molecule has 0 bridgehead atoms. The van der Waals surface area contributed by atoms with Crippen LogP contribution in [0.15, 0.2) is 36.0 Å². The van der Waals surface area contributed by atoms with E-state index in [1.807, 2.05) is 0 Å². The Balaban J connectivity index is 3.93. The van der Waals surface area contributed by atoms with Gasteiger partial charge in [0, 0.05) is 0 Å². The predicted molar refractivity (Wildman–Crippen MR) is 61.9 cm³/mol. The van der Waals surface area contributed by atoms with Gasteiger partial charge in [0.25, 0.3) is 0 Å². The summed E-state index contributed by atoms with van der Waals surface area (Å²) in [7, 11) is 0. The maximum Gasteiger partial charge on any atom is -0.0285 e. The van der Waals surface area contributed by atoms with Crippen molar-refractivity contribution in [2.24, 2.45) is 0 Å². The van der Waals surface area contributed by atoms with Crippen molar-refractivity contribution in [1.82, 2.24) is 0 Å². The van der Waals surface area contributed by atoms with Gasteiger partial charge < -0.3 is 0 Å². The van der Waals surface area contributed by atoms with E-state index in [9.17, 15) is 0 Å². The molecule has 0 saturated heterocycles. The fourth-order valence-electron chi connectivity index (χ4n) is 1.09. The first-order chi connectivity index (χ1) is 6.22. The van der Waals surface area contributed by atoms with Crippen molar-refractivity contribution in [3.63, 3.8) is 0 Å². The molecule has 0 atom stereocenters. The SMILES string of the molecule is C=C(CCC)/C(C)=C\C=C/CCC. The van der Waals surface area contributed by atoms with Gasteiger partial charge in [-0.05, 0) is 25.3 Å². The first-order valence-corrected chi connectivity index (χ1v) is 5.23. The quantitative estimate of drug-likeness (QED) is 0.519. The van der Waals surface area contributed by atoms with Gasteiger partial charge in [-0.3, -0.25) is 0 Å². The fraction of sp³-hybridized carbons (Fsp3) is 0.538. The van der Waals surface area contributed by atoms with Crippen LogP contribution in [0.25, 0.3) is 0 Å². The Hall–Kier alpha value is -0.780. The molecule has 13 heavy (non-hydrogen) atoms. The lowest BCUT2D eigenvalue weighted by atomic mass is 10.0. The molecule has 0 aliphatic carbocycles. The zero-order chi connectivity index (χ0) is 10.1. The van der Waals surface area contributed by atoms with Crippen LogP contribution in [0.2, 0.25) is 0 Å². The molecule has 0 aliphatic rings. The summed E-state index contributed by atoms with van der Waals surface area (Å²) in [6, 6.07) is 0. The molecular formula is C13H22.